The summed E-state index contributed by atoms with van der Waals surface area (Å²) in [5, 5.41) is 18.5. The quantitative estimate of drug-likeness (QED) is 0.504. The number of hydrogen-bond donors (Lipinski definition) is 3. The average Bonchev–Trinajstić information content (AvgIpc) is 2.41. The average molecular weight is 186 g/mol. The molecule has 2 fully saturated rings. The number of nitrogens with two attached hydrogens (primary N) is 1. The van der Waals surface area contributed by atoms with Crippen molar-refractivity contribution in [2.24, 2.45) is 11.7 Å². The maximum atomic E-state index is 9.56. The molecule has 76 valence electrons. The summed E-state index contributed by atoms with van der Waals surface area (Å²) in [6, 6.07) is 0.913. The van der Waals surface area contributed by atoms with Crippen molar-refractivity contribution in [3.8, 4) is 0 Å². The normalized spacial score (nSPS) is 46.4. The summed E-state index contributed by atoms with van der Waals surface area (Å²) in [6.45, 7) is 1.63. The third-order valence-corrected chi connectivity index (χ3v) is 3.34. The molecule has 1 saturated carbocycles. The minimum atomic E-state index is -0.346. The van der Waals surface area contributed by atoms with Gasteiger partial charge in [-0.15, -0.1) is 0 Å². The fourth-order valence-corrected chi connectivity index (χ4v) is 2.29. The van der Waals surface area contributed by atoms with Crippen molar-refractivity contribution in [1.82, 2.24) is 4.90 Å². The lowest BCUT2D eigenvalue weighted by atomic mass is 9.86. The summed E-state index contributed by atoms with van der Waals surface area (Å²) in [5.41, 5.74) is 5.70. The molecular formula is C9H18N2O2. The first kappa shape index (κ1) is 9.40. The number of aliphatic hydroxyl groups excluding tert-OH is 2. The van der Waals surface area contributed by atoms with E-state index < -0.39 is 0 Å². The van der Waals surface area contributed by atoms with E-state index in [0.29, 0.717) is 18.6 Å². The summed E-state index contributed by atoms with van der Waals surface area (Å²) in [5.74, 6) is 0.0526. The lowest BCUT2D eigenvalue weighted by Gasteiger charge is -2.39. The van der Waals surface area contributed by atoms with E-state index >= 15 is 0 Å². The van der Waals surface area contributed by atoms with E-state index in [-0.39, 0.29) is 18.6 Å². The van der Waals surface area contributed by atoms with Gasteiger partial charge in [-0.1, -0.05) is 0 Å². The Morgan fingerprint density at radius 2 is 2.00 bits per heavy atom. The number of rotatable bonds is 2. The second kappa shape index (κ2) is 3.53. The van der Waals surface area contributed by atoms with Crippen LogP contribution >= 0.6 is 0 Å². The predicted molar refractivity (Wildman–Crippen MR) is 49.2 cm³/mol. The highest BCUT2D eigenvalue weighted by Gasteiger charge is 2.39. The molecule has 4 N–H and O–H groups in total. The molecule has 4 nitrogen and oxygen atoms in total. The molecule has 13 heavy (non-hydrogen) atoms. The Labute approximate surface area is 78.3 Å². The molecule has 0 aromatic carbocycles. The van der Waals surface area contributed by atoms with Crippen LogP contribution in [0.15, 0.2) is 0 Å². The van der Waals surface area contributed by atoms with Crippen LogP contribution < -0.4 is 5.73 Å². The van der Waals surface area contributed by atoms with Gasteiger partial charge in [0.25, 0.3) is 0 Å². The highest BCUT2D eigenvalue weighted by Crippen LogP contribution is 2.29. The summed E-state index contributed by atoms with van der Waals surface area (Å²) >= 11 is 0. The zero-order chi connectivity index (χ0) is 9.42. The van der Waals surface area contributed by atoms with E-state index in [1.54, 1.807) is 0 Å². The zero-order valence-electron chi connectivity index (χ0n) is 7.76. The van der Waals surface area contributed by atoms with E-state index in [4.69, 9.17) is 10.8 Å². The van der Waals surface area contributed by atoms with E-state index in [2.05, 4.69) is 4.90 Å². The smallest absolute Gasteiger partial charge is 0.0729 e. The van der Waals surface area contributed by atoms with Gasteiger partial charge in [-0.2, -0.15) is 0 Å². The van der Waals surface area contributed by atoms with Gasteiger partial charge in [0.1, 0.15) is 0 Å². The molecule has 4 heteroatoms. The molecule has 2 rings (SSSR count). The van der Waals surface area contributed by atoms with Gasteiger partial charge in [-0.25, -0.2) is 0 Å². The van der Waals surface area contributed by atoms with Gasteiger partial charge in [-0.05, 0) is 12.8 Å². The van der Waals surface area contributed by atoms with Gasteiger partial charge in [0.15, 0.2) is 0 Å². The summed E-state index contributed by atoms with van der Waals surface area (Å²) in [6.07, 6.45) is 1.75. The first-order valence-electron chi connectivity index (χ1n) is 4.99. The minimum absolute atomic E-state index is 0.0526. The third-order valence-electron chi connectivity index (χ3n) is 3.34. The summed E-state index contributed by atoms with van der Waals surface area (Å²) in [4.78, 5) is 2.26. The van der Waals surface area contributed by atoms with Crippen LogP contribution in [0.25, 0.3) is 0 Å². The molecule has 1 saturated heterocycles. The second-order valence-corrected chi connectivity index (χ2v) is 4.35. The largest absolute Gasteiger partial charge is 0.396 e. The minimum Gasteiger partial charge on any atom is -0.396 e. The van der Waals surface area contributed by atoms with E-state index in [9.17, 15) is 5.11 Å². The van der Waals surface area contributed by atoms with E-state index in [1.807, 2.05) is 0 Å². The molecular weight excluding hydrogens is 168 g/mol. The molecule has 2 atom stereocenters. The summed E-state index contributed by atoms with van der Waals surface area (Å²) < 4.78 is 0. The van der Waals surface area contributed by atoms with Crippen molar-refractivity contribution in [2.75, 3.05) is 19.7 Å². The molecule has 1 aliphatic carbocycles. The van der Waals surface area contributed by atoms with Gasteiger partial charge >= 0.3 is 0 Å². The Balaban J connectivity index is 1.83. The molecule has 2 aliphatic rings. The SMILES string of the molecule is NC1CC(N2CC(O)C(CO)C2)C1. The van der Waals surface area contributed by atoms with Gasteiger partial charge in [0.05, 0.1) is 6.10 Å². The molecule has 0 aromatic heterocycles. The van der Waals surface area contributed by atoms with Crippen molar-refractivity contribution >= 4 is 0 Å². The number of aliphatic hydroxyl groups is 2. The third kappa shape index (κ3) is 1.72. The lowest BCUT2D eigenvalue weighted by molar-refractivity contribution is 0.0975. The first-order chi connectivity index (χ1) is 6.20. The molecule has 0 amide bonds. The molecule has 0 spiro atoms. The Bertz CT molecular complexity index is 182. The van der Waals surface area contributed by atoms with Crippen LogP contribution in [0.4, 0.5) is 0 Å². The molecule has 0 radical (unpaired) electrons. The highest BCUT2D eigenvalue weighted by molar-refractivity contribution is 4.95. The Kier molecular flexibility index (Phi) is 2.55. The van der Waals surface area contributed by atoms with Crippen LogP contribution in [0.5, 0.6) is 0 Å². The maximum absolute atomic E-state index is 9.56. The van der Waals surface area contributed by atoms with Crippen LogP contribution in [0.1, 0.15) is 12.8 Å². The zero-order valence-corrected chi connectivity index (χ0v) is 7.76. The van der Waals surface area contributed by atoms with Crippen LogP contribution in [-0.2, 0) is 0 Å². The molecule has 1 aliphatic heterocycles. The fourth-order valence-electron chi connectivity index (χ4n) is 2.29. The van der Waals surface area contributed by atoms with Crippen LogP contribution in [0.3, 0.4) is 0 Å². The Morgan fingerprint density at radius 1 is 1.31 bits per heavy atom. The van der Waals surface area contributed by atoms with E-state index in [0.717, 1.165) is 19.4 Å². The molecule has 0 bridgehead atoms. The number of β-amino-alcohol motifs (C(OH)–C–C–N with tert-alkyl or cyclic N) is 1. The van der Waals surface area contributed by atoms with Gasteiger partial charge < -0.3 is 15.9 Å². The fraction of sp³-hybridized carbons (Fsp3) is 1.00. The van der Waals surface area contributed by atoms with Gasteiger partial charge in [0, 0.05) is 37.7 Å². The monoisotopic (exact) mass is 186 g/mol. The van der Waals surface area contributed by atoms with Crippen LogP contribution in [-0.4, -0.2) is 53.0 Å². The number of nitrogens with zero attached hydrogens (tertiary/aromatic N) is 1. The van der Waals surface area contributed by atoms with Gasteiger partial charge in [-0.3, -0.25) is 4.90 Å². The van der Waals surface area contributed by atoms with Crippen LogP contribution in [0.2, 0.25) is 0 Å². The standard InChI is InChI=1S/C9H18N2O2/c10-7-1-8(2-7)11-3-6(5-12)9(13)4-11/h6-9,12-13H,1-5,10H2. The molecule has 1 heterocycles. The Morgan fingerprint density at radius 3 is 2.46 bits per heavy atom. The summed E-state index contributed by atoms with van der Waals surface area (Å²) in [7, 11) is 0. The topological polar surface area (TPSA) is 69.7 Å². The molecule has 0 aromatic rings. The van der Waals surface area contributed by atoms with Crippen LogP contribution in [0, 0.1) is 5.92 Å². The van der Waals surface area contributed by atoms with Crippen molar-refractivity contribution in [3.05, 3.63) is 0 Å². The predicted octanol–water partition coefficient (Wildman–Crippen LogP) is -1.24. The maximum Gasteiger partial charge on any atom is 0.0729 e. The van der Waals surface area contributed by atoms with Crippen molar-refractivity contribution in [1.29, 1.82) is 0 Å². The Hall–Kier alpha value is -0.160. The number of hydrogen-bond acceptors (Lipinski definition) is 4. The van der Waals surface area contributed by atoms with E-state index in [1.165, 1.54) is 0 Å². The lowest BCUT2D eigenvalue weighted by Crippen LogP contribution is -2.50. The second-order valence-electron chi connectivity index (χ2n) is 4.35. The van der Waals surface area contributed by atoms with Crippen molar-refractivity contribution < 1.29 is 10.2 Å². The molecule has 2 unspecified atom stereocenters. The first-order valence-corrected chi connectivity index (χ1v) is 4.99. The van der Waals surface area contributed by atoms with Gasteiger partial charge in [0.2, 0.25) is 0 Å². The van der Waals surface area contributed by atoms with Crippen molar-refractivity contribution in [3.63, 3.8) is 0 Å². The van der Waals surface area contributed by atoms with Crippen molar-refractivity contribution in [2.45, 2.75) is 31.0 Å². The highest BCUT2D eigenvalue weighted by atomic mass is 16.3. The number of likely N-dealkylation sites (tertiary alicyclic amines) is 1.